The first-order chi connectivity index (χ1) is 8.44. The summed E-state index contributed by atoms with van der Waals surface area (Å²) < 4.78 is 11.2. The number of ether oxygens (including phenoxy) is 2. The number of nitrogens with zero attached hydrogens (tertiary/aromatic N) is 1. The van der Waals surface area contributed by atoms with E-state index in [1.54, 1.807) is 0 Å². The molecule has 102 valence electrons. The zero-order valence-electron chi connectivity index (χ0n) is 11.8. The molecule has 0 aliphatic heterocycles. The van der Waals surface area contributed by atoms with E-state index in [0.717, 1.165) is 17.7 Å². The number of nitrogens with two attached hydrogens (primary N) is 1. The maximum absolute atomic E-state index is 5.65. The molecule has 0 radical (unpaired) electrons. The van der Waals surface area contributed by atoms with Gasteiger partial charge >= 0.3 is 0 Å². The van der Waals surface area contributed by atoms with Crippen molar-refractivity contribution in [3.05, 3.63) is 23.4 Å². The van der Waals surface area contributed by atoms with Gasteiger partial charge in [-0.2, -0.15) is 0 Å². The molecule has 4 nitrogen and oxygen atoms in total. The molecule has 1 aromatic heterocycles. The van der Waals surface area contributed by atoms with Crippen LogP contribution in [-0.2, 0) is 17.7 Å². The van der Waals surface area contributed by atoms with Gasteiger partial charge in [0.15, 0.2) is 0 Å². The molecule has 0 saturated heterocycles. The molecule has 1 heterocycles. The molecular formula is C14H24N2O2. The number of pyridine rings is 1. The monoisotopic (exact) mass is 252 g/mol. The van der Waals surface area contributed by atoms with Crippen molar-refractivity contribution in [2.45, 2.75) is 46.3 Å². The van der Waals surface area contributed by atoms with Crippen LogP contribution in [0.1, 0.15) is 39.0 Å². The maximum Gasteiger partial charge on any atom is 0.213 e. The summed E-state index contributed by atoms with van der Waals surface area (Å²) in [5.41, 5.74) is 7.57. The van der Waals surface area contributed by atoms with Crippen molar-refractivity contribution >= 4 is 0 Å². The molecule has 1 rings (SSSR count). The van der Waals surface area contributed by atoms with E-state index in [9.17, 15) is 0 Å². The molecular weight excluding hydrogens is 228 g/mol. The Morgan fingerprint density at radius 1 is 1.22 bits per heavy atom. The molecule has 0 saturated carbocycles. The normalized spacial score (nSPS) is 11.6. The summed E-state index contributed by atoms with van der Waals surface area (Å²) >= 11 is 0. The van der Waals surface area contributed by atoms with Crippen molar-refractivity contribution in [2.24, 2.45) is 5.73 Å². The van der Waals surface area contributed by atoms with Crippen LogP contribution >= 0.6 is 0 Å². The van der Waals surface area contributed by atoms with Crippen LogP contribution in [0.15, 0.2) is 12.1 Å². The van der Waals surface area contributed by atoms with E-state index in [2.05, 4.69) is 11.9 Å². The Labute approximate surface area is 110 Å². The topological polar surface area (TPSA) is 57.4 Å². The lowest BCUT2D eigenvalue weighted by Crippen LogP contribution is -2.22. The molecule has 0 fully saturated rings. The van der Waals surface area contributed by atoms with Crippen molar-refractivity contribution in [3.63, 3.8) is 0 Å². The van der Waals surface area contributed by atoms with Gasteiger partial charge in [0.05, 0.1) is 12.2 Å². The molecule has 0 aliphatic rings. The smallest absolute Gasteiger partial charge is 0.213 e. The van der Waals surface area contributed by atoms with E-state index in [-0.39, 0.29) is 5.60 Å². The van der Waals surface area contributed by atoms with Gasteiger partial charge in [0.1, 0.15) is 6.61 Å². The quantitative estimate of drug-likeness (QED) is 0.789. The van der Waals surface area contributed by atoms with Gasteiger partial charge in [0.25, 0.3) is 0 Å². The second kappa shape index (κ2) is 6.71. The van der Waals surface area contributed by atoms with E-state index in [1.165, 1.54) is 0 Å². The standard InChI is InChI=1S/C14H24N2O2/c1-5-12-8-11(10-15)9-13(16-12)17-6-7-18-14(2,3)4/h8-9H,5-7,10,15H2,1-4H3. The third kappa shape index (κ3) is 5.47. The molecule has 0 aliphatic carbocycles. The van der Waals surface area contributed by atoms with E-state index in [1.807, 2.05) is 32.9 Å². The third-order valence-corrected chi connectivity index (χ3v) is 2.38. The second-order valence-electron chi connectivity index (χ2n) is 5.17. The van der Waals surface area contributed by atoms with E-state index in [4.69, 9.17) is 15.2 Å². The fraction of sp³-hybridized carbons (Fsp3) is 0.643. The van der Waals surface area contributed by atoms with Crippen LogP contribution in [0.2, 0.25) is 0 Å². The Bertz CT molecular complexity index is 350. The Hall–Kier alpha value is -1.13. The first-order valence-electron chi connectivity index (χ1n) is 6.41. The first kappa shape index (κ1) is 14.9. The molecule has 0 aromatic carbocycles. The van der Waals surface area contributed by atoms with Crippen molar-refractivity contribution < 1.29 is 9.47 Å². The SMILES string of the molecule is CCc1cc(CN)cc(OCCOC(C)(C)C)n1. The van der Waals surface area contributed by atoms with Gasteiger partial charge in [-0.05, 0) is 38.8 Å². The minimum Gasteiger partial charge on any atom is -0.475 e. The summed E-state index contributed by atoms with van der Waals surface area (Å²) in [6.07, 6.45) is 0.878. The molecule has 0 atom stereocenters. The number of aromatic nitrogens is 1. The summed E-state index contributed by atoms with van der Waals surface area (Å²) in [5.74, 6) is 0.632. The Morgan fingerprint density at radius 3 is 2.50 bits per heavy atom. The highest BCUT2D eigenvalue weighted by Crippen LogP contribution is 2.13. The minimum atomic E-state index is -0.134. The Morgan fingerprint density at radius 2 is 1.94 bits per heavy atom. The number of aryl methyl sites for hydroxylation is 1. The predicted molar refractivity (Wildman–Crippen MR) is 72.7 cm³/mol. The average Bonchev–Trinajstić information content (AvgIpc) is 2.33. The van der Waals surface area contributed by atoms with E-state index < -0.39 is 0 Å². The van der Waals surface area contributed by atoms with Crippen molar-refractivity contribution in [2.75, 3.05) is 13.2 Å². The molecule has 1 aromatic rings. The lowest BCUT2D eigenvalue weighted by atomic mass is 10.2. The summed E-state index contributed by atoms with van der Waals surface area (Å²) in [7, 11) is 0. The number of rotatable bonds is 6. The van der Waals surface area contributed by atoms with Crippen LogP contribution in [-0.4, -0.2) is 23.8 Å². The summed E-state index contributed by atoms with van der Waals surface area (Å²) in [5, 5.41) is 0. The zero-order chi connectivity index (χ0) is 13.6. The largest absolute Gasteiger partial charge is 0.475 e. The van der Waals surface area contributed by atoms with Gasteiger partial charge in [-0.3, -0.25) is 0 Å². The predicted octanol–water partition coefficient (Wildman–Crippen LogP) is 2.30. The summed E-state index contributed by atoms with van der Waals surface area (Å²) in [6, 6.07) is 3.90. The van der Waals surface area contributed by atoms with Crippen molar-refractivity contribution in [1.82, 2.24) is 4.98 Å². The van der Waals surface area contributed by atoms with Crippen molar-refractivity contribution in [1.29, 1.82) is 0 Å². The Kier molecular flexibility index (Phi) is 5.56. The fourth-order valence-electron chi connectivity index (χ4n) is 1.49. The van der Waals surface area contributed by atoms with Gasteiger partial charge in [-0.25, -0.2) is 4.98 Å². The zero-order valence-corrected chi connectivity index (χ0v) is 11.8. The van der Waals surface area contributed by atoms with Gasteiger partial charge < -0.3 is 15.2 Å². The van der Waals surface area contributed by atoms with Crippen LogP contribution < -0.4 is 10.5 Å². The second-order valence-corrected chi connectivity index (χ2v) is 5.17. The highest BCUT2D eigenvalue weighted by atomic mass is 16.5. The van der Waals surface area contributed by atoms with Gasteiger partial charge in [0, 0.05) is 18.3 Å². The van der Waals surface area contributed by atoms with Gasteiger partial charge in [-0.15, -0.1) is 0 Å². The maximum atomic E-state index is 5.65. The minimum absolute atomic E-state index is 0.134. The highest BCUT2D eigenvalue weighted by molar-refractivity contribution is 5.25. The molecule has 4 heteroatoms. The summed E-state index contributed by atoms with van der Waals surface area (Å²) in [4.78, 5) is 4.40. The number of hydrogen-bond acceptors (Lipinski definition) is 4. The fourth-order valence-corrected chi connectivity index (χ4v) is 1.49. The highest BCUT2D eigenvalue weighted by Gasteiger charge is 2.09. The van der Waals surface area contributed by atoms with Crippen LogP contribution in [0, 0.1) is 0 Å². The lowest BCUT2D eigenvalue weighted by molar-refractivity contribution is -0.0168. The van der Waals surface area contributed by atoms with Crippen LogP contribution in [0.4, 0.5) is 0 Å². The molecule has 18 heavy (non-hydrogen) atoms. The van der Waals surface area contributed by atoms with Crippen LogP contribution in [0.25, 0.3) is 0 Å². The van der Waals surface area contributed by atoms with E-state index >= 15 is 0 Å². The lowest BCUT2D eigenvalue weighted by Gasteiger charge is -2.19. The molecule has 2 N–H and O–H groups in total. The Balaban J connectivity index is 2.51. The van der Waals surface area contributed by atoms with Crippen LogP contribution in [0.5, 0.6) is 5.88 Å². The van der Waals surface area contributed by atoms with Crippen LogP contribution in [0.3, 0.4) is 0 Å². The van der Waals surface area contributed by atoms with E-state index in [0.29, 0.717) is 25.6 Å². The summed E-state index contributed by atoms with van der Waals surface area (Å²) in [6.45, 7) is 9.70. The molecule has 0 spiro atoms. The average molecular weight is 252 g/mol. The first-order valence-corrected chi connectivity index (χ1v) is 6.41. The number of hydrogen-bond donors (Lipinski definition) is 1. The molecule has 0 bridgehead atoms. The van der Waals surface area contributed by atoms with Crippen molar-refractivity contribution in [3.8, 4) is 5.88 Å². The van der Waals surface area contributed by atoms with Gasteiger partial charge in [0.2, 0.25) is 5.88 Å². The molecule has 0 amide bonds. The van der Waals surface area contributed by atoms with Gasteiger partial charge in [-0.1, -0.05) is 6.92 Å². The third-order valence-electron chi connectivity index (χ3n) is 2.38. The molecule has 0 unspecified atom stereocenters.